The standard InChI is InChI=1S/C14H25N3O3/c1-14(2,3)20-13(19)16-5-4-11(9-16)17-8-10(7-15)6-12(17)18/h10-11H,4-9,15H2,1-3H3. The quantitative estimate of drug-likeness (QED) is 0.813. The maximum Gasteiger partial charge on any atom is 0.410 e. The van der Waals surface area contributed by atoms with Gasteiger partial charge >= 0.3 is 6.09 Å². The molecule has 2 saturated heterocycles. The summed E-state index contributed by atoms with van der Waals surface area (Å²) in [5.41, 5.74) is 5.16. The van der Waals surface area contributed by atoms with E-state index >= 15 is 0 Å². The van der Waals surface area contributed by atoms with E-state index in [2.05, 4.69) is 0 Å². The number of ether oxygens (including phenoxy) is 1. The molecule has 0 aliphatic carbocycles. The van der Waals surface area contributed by atoms with Gasteiger partial charge in [0.15, 0.2) is 0 Å². The van der Waals surface area contributed by atoms with Crippen molar-refractivity contribution in [2.24, 2.45) is 11.7 Å². The van der Waals surface area contributed by atoms with Crippen molar-refractivity contribution in [2.75, 3.05) is 26.2 Å². The Labute approximate surface area is 120 Å². The van der Waals surface area contributed by atoms with E-state index in [4.69, 9.17) is 10.5 Å². The summed E-state index contributed by atoms with van der Waals surface area (Å²) in [5.74, 6) is 0.426. The summed E-state index contributed by atoms with van der Waals surface area (Å²) in [5, 5.41) is 0. The number of likely N-dealkylation sites (tertiary alicyclic amines) is 2. The van der Waals surface area contributed by atoms with Crippen LogP contribution in [0.5, 0.6) is 0 Å². The van der Waals surface area contributed by atoms with Gasteiger partial charge in [-0.1, -0.05) is 0 Å². The number of amides is 2. The van der Waals surface area contributed by atoms with Crippen LogP contribution in [-0.2, 0) is 9.53 Å². The Kier molecular flexibility index (Phi) is 4.22. The average Bonchev–Trinajstić information content (AvgIpc) is 2.92. The molecule has 20 heavy (non-hydrogen) atoms. The first-order valence-corrected chi connectivity index (χ1v) is 7.27. The molecule has 2 rings (SSSR count). The Hall–Kier alpha value is -1.30. The highest BCUT2D eigenvalue weighted by molar-refractivity contribution is 5.79. The molecule has 114 valence electrons. The molecular formula is C14H25N3O3. The minimum Gasteiger partial charge on any atom is -0.444 e. The van der Waals surface area contributed by atoms with E-state index in [0.29, 0.717) is 26.1 Å². The first-order valence-electron chi connectivity index (χ1n) is 7.27. The molecule has 0 aromatic carbocycles. The topological polar surface area (TPSA) is 75.9 Å². The SMILES string of the molecule is CC(C)(C)OC(=O)N1CCC(N2CC(CN)CC2=O)C1. The van der Waals surface area contributed by atoms with Crippen LogP contribution in [0.25, 0.3) is 0 Å². The lowest BCUT2D eigenvalue weighted by Crippen LogP contribution is -2.41. The third-order valence-electron chi connectivity index (χ3n) is 3.83. The zero-order valence-electron chi connectivity index (χ0n) is 12.6. The van der Waals surface area contributed by atoms with Crippen LogP contribution < -0.4 is 5.73 Å². The number of nitrogens with zero attached hydrogens (tertiary/aromatic N) is 2. The van der Waals surface area contributed by atoms with Crippen LogP contribution in [0.1, 0.15) is 33.6 Å². The monoisotopic (exact) mass is 283 g/mol. The van der Waals surface area contributed by atoms with Gasteiger partial charge in [0.05, 0.1) is 6.04 Å². The Bertz CT molecular complexity index is 392. The minimum atomic E-state index is -0.483. The van der Waals surface area contributed by atoms with E-state index in [0.717, 1.165) is 13.0 Å². The van der Waals surface area contributed by atoms with Gasteiger partial charge in [0.25, 0.3) is 0 Å². The van der Waals surface area contributed by atoms with Crippen molar-refractivity contribution in [2.45, 2.75) is 45.3 Å². The molecule has 0 aromatic heterocycles. The van der Waals surface area contributed by atoms with Crippen molar-refractivity contribution < 1.29 is 14.3 Å². The molecule has 0 saturated carbocycles. The molecule has 2 atom stereocenters. The highest BCUT2D eigenvalue weighted by Crippen LogP contribution is 2.25. The number of rotatable bonds is 2. The van der Waals surface area contributed by atoms with Gasteiger partial charge < -0.3 is 20.3 Å². The molecule has 0 spiro atoms. The van der Waals surface area contributed by atoms with E-state index in [9.17, 15) is 9.59 Å². The van der Waals surface area contributed by atoms with Crippen molar-refractivity contribution in [3.05, 3.63) is 0 Å². The Morgan fingerprint density at radius 2 is 2.10 bits per heavy atom. The molecule has 2 N–H and O–H groups in total. The van der Waals surface area contributed by atoms with E-state index in [1.54, 1.807) is 4.90 Å². The molecule has 2 aliphatic rings. The van der Waals surface area contributed by atoms with Gasteiger partial charge in [-0.25, -0.2) is 4.79 Å². The zero-order valence-corrected chi connectivity index (χ0v) is 12.6. The van der Waals surface area contributed by atoms with Crippen LogP contribution in [0.15, 0.2) is 0 Å². The number of carbonyl (C=O) groups excluding carboxylic acids is 2. The zero-order chi connectivity index (χ0) is 14.9. The summed E-state index contributed by atoms with van der Waals surface area (Å²) in [4.78, 5) is 27.6. The van der Waals surface area contributed by atoms with Crippen LogP contribution in [0.3, 0.4) is 0 Å². The van der Waals surface area contributed by atoms with Crippen molar-refractivity contribution in [3.63, 3.8) is 0 Å². The highest BCUT2D eigenvalue weighted by Gasteiger charge is 2.38. The van der Waals surface area contributed by atoms with Crippen LogP contribution >= 0.6 is 0 Å². The number of carbonyl (C=O) groups is 2. The molecule has 0 aromatic rings. The van der Waals surface area contributed by atoms with E-state index in [1.165, 1.54) is 0 Å². The normalized spacial score (nSPS) is 27.3. The minimum absolute atomic E-state index is 0.117. The summed E-state index contributed by atoms with van der Waals surface area (Å²) in [7, 11) is 0. The molecule has 2 unspecified atom stereocenters. The molecule has 2 amide bonds. The molecule has 0 radical (unpaired) electrons. The highest BCUT2D eigenvalue weighted by atomic mass is 16.6. The maximum atomic E-state index is 12.0. The Morgan fingerprint density at radius 1 is 1.40 bits per heavy atom. The number of hydrogen-bond donors (Lipinski definition) is 1. The fourth-order valence-corrected chi connectivity index (χ4v) is 2.81. The summed E-state index contributed by atoms with van der Waals surface area (Å²) < 4.78 is 5.37. The second-order valence-electron chi connectivity index (χ2n) is 6.72. The molecule has 2 heterocycles. The number of hydrogen-bond acceptors (Lipinski definition) is 4. The van der Waals surface area contributed by atoms with Gasteiger partial charge in [0.1, 0.15) is 5.60 Å². The fourth-order valence-electron chi connectivity index (χ4n) is 2.81. The second kappa shape index (κ2) is 5.60. The number of nitrogens with two attached hydrogens (primary N) is 1. The Morgan fingerprint density at radius 3 is 2.65 bits per heavy atom. The van der Waals surface area contributed by atoms with Crippen LogP contribution in [0.4, 0.5) is 4.79 Å². The Balaban J connectivity index is 1.89. The third kappa shape index (κ3) is 3.42. The summed E-state index contributed by atoms with van der Waals surface area (Å²) >= 11 is 0. The van der Waals surface area contributed by atoms with Crippen LogP contribution in [0, 0.1) is 5.92 Å². The summed E-state index contributed by atoms with van der Waals surface area (Å²) in [6, 6.07) is 0.117. The van der Waals surface area contributed by atoms with Gasteiger partial charge in [-0.2, -0.15) is 0 Å². The van der Waals surface area contributed by atoms with Crippen molar-refractivity contribution >= 4 is 12.0 Å². The molecule has 2 aliphatic heterocycles. The van der Waals surface area contributed by atoms with Gasteiger partial charge in [0, 0.05) is 26.1 Å². The van der Waals surface area contributed by atoms with Crippen molar-refractivity contribution in [1.29, 1.82) is 0 Å². The van der Waals surface area contributed by atoms with Gasteiger partial charge in [0.2, 0.25) is 5.91 Å². The summed E-state index contributed by atoms with van der Waals surface area (Å²) in [6.45, 7) is 8.05. The van der Waals surface area contributed by atoms with Gasteiger partial charge in [-0.05, 0) is 39.7 Å². The predicted octanol–water partition coefficient (Wildman–Crippen LogP) is 0.803. The van der Waals surface area contributed by atoms with Crippen molar-refractivity contribution in [3.8, 4) is 0 Å². The average molecular weight is 283 g/mol. The van der Waals surface area contributed by atoms with E-state index in [1.807, 2.05) is 25.7 Å². The predicted molar refractivity (Wildman–Crippen MR) is 75.1 cm³/mol. The maximum absolute atomic E-state index is 12.0. The first kappa shape index (κ1) is 15.1. The molecule has 6 nitrogen and oxygen atoms in total. The second-order valence-corrected chi connectivity index (χ2v) is 6.72. The van der Waals surface area contributed by atoms with Crippen molar-refractivity contribution in [1.82, 2.24) is 9.80 Å². The fraction of sp³-hybridized carbons (Fsp3) is 0.857. The summed E-state index contributed by atoms with van der Waals surface area (Å²) in [6.07, 6.45) is 1.07. The largest absolute Gasteiger partial charge is 0.444 e. The molecule has 0 bridgehead atoms. The van der Waals surface area contributed by atoms with Gasteiger partial charge in [-0.3, -0.25) is 4.79 Å². The first-order chi connectivity index (χ1) is 9.30. The lowest BCUT2D eigenvalue weighted by molar-refractivity contribution is -0.129. The smallest absolute Gasteiger partial charge is 0.410 e. The third-order valence-corrected chi connectivity index (χ3v) is 3.83. The van der Waals surface area contributed by atoms with E-state index in [-0.39, 0.29) is 24.0 Å². The van der Waals surface area contributed by atoms with Gasteiger partial charge in [-0.15, -0.1) is 0 Å². The molecule has 6 heteroatoms. The van der Waals surface area contributed by atoms with Crippen LogP contribution in [-0.4, -0.2) is 59.6 Å². The van der Waals surface area contributed by atoms with Crippen LogP contribution in [0.2, 0.25) is 0 Å². The molecule has 2 fully saturated rings. The lowest BCUT2D eigenvalue weighted by atomic mass is 10.1. The molecular weight excluding hydrogens is 258 g/mol. The van der Waals surface area contributed by atoms with E-state index < -0.39 is 5.60 Å². The lowest BCUT2D eigenvalue weighted by Gasteiger charge is -2.26.